The lowest BCUT2D eigenvalue weighted by molar-refractivity contribution is -0.132. The van der Waals surface area contributed by atoms with E-state index in [1.54, 1.807) is 6.92 Å². The molecule has 0 heterocycles. The average molecular weight is 451 g/mol. The third-order valence-electron chi connectivity index (χ3n) is 4.77. The molecule has 0 fully saturated rings. The van der Waals surface area contributed by atoms with Crippen molar-refractivity contribution in [1.82, 2.24) is 16.0 Å². The fourth-order valence-electron chi connectivity index (χ4n) is 2.94. The van der Waals surface area contributed by atoms with Crippen molar-refractivity contribution in [3.63, 3.8) is 0 Å². The van der Waals surface area contributed by atoms with Crippen LogP contribution < -0.4 is 21.7 Å². The van der Waals surface area contributed by atoms with Gasteiger partial charge in [0.15, 0.2) is 5.78 Å². The summed E-state index contributed by atoms with van der Waals surface area (Å²) in [6, 6.07) is 8.30. The summed E-state index contributed by atoms with van der Waals surface area (Å²) in [6.07, 6.45) is 1.32. The smallest absolute Gasteiger partial charge is 0.312 e. The number of aliphatic hydroxyl groups is 1. The van der Waals surface area contributed by atoms with E-state index < -0.39 is 18.0 Å². The first-order valence-electron chi connectivity index (χ1n) is 10.9. The van der Waals surface area contributed by atoms with E-state index in [1.807, 2.05) is 44.2 Å². The Hall–Kier alpha value is -2.94. The Morgan fingerprint density at radius 2 is 1.72 bits per heavy atom. The number of amides is 4. The number of nitrogens with two attached hydrogens (primary N) is 1. The van der Waals surface area contributed by atoms with E-state index in [9.17, 15) is 19.2 Å². The third-order valence-corrected chi connectivity index (χ3v) is 4.77. The summed E-state index contributed by atoms with van der Waals surface area (Å²) in [7, 11) is 1.51. The third kappa shape index (κ3) is 12.7. The number of aliphatic hydroxyl groups excluding tert-OH is 1. The lowest BCUT2D eigenvalue weighted by Crippen LogP contribution is -2.45. The molecule has 0 saturated heterocycles. The number of carbonyl (C=O) groups is 4. The average Bonchev–Trinajstić information content (AvgIpc) is 2.79. The van der Waals surface area contributed by atoms with E-state index in [4.69, 9.17) is 10.8 Å². The molecule has 6 N–H and O–H groups in total. The number of nitrogens with one attached hydrogen (secondary N) is 3. The minimum Gasteiger partial charge on any atom is -0.392 e. The Morgan fingerprint density at radius 3 is 2.16 bits per heavy atom. The Labute approximate surface area is 190 Å². The van der Waals surface area contributed by atoms with Gasteiger partial charge in [0, 0.05) is 32.4 Å². The highest BCUT2D eigenvalue weighted by Crippen LogP contribution is 2.16. The first-order chi connectivity index (χ1) is 15.2. The number of hydrogen-bond donors (Lipinski definition) is 5. The normalized spacial score (nSPS) is 12.1. The van der Waals surface area contributed by atoms with Gasteiger partial charge in [0.25, 0.3) is 0 Å². The van der Waals surface area contributed by atoms with E-state index in [-0.39, 0.29) is 36.5 Å². The molecule has 0 spiro atoms. The van der Waals surface area contributed by atoms with Crippen LogP contribution in [0.1, 0.15) is 52.0 Å². The Morgan fingerprint density at radius 1 is 1.09 bits per heavy atom. The van der Waals surface area contributed by atoms with Crippen molar-refractivity contribution in [3.8, 4) is 0 Å². The molecular formula is C23H38N4O5. The van der Waals surface area contributed by atoms with Crippen LogP contribution in [0.3, 0.4) is 0 Å². The molecule has 0 aliphatic carbocycles. The number of Topliss-reactive ketones (excluding diaryl/α,β-unsaturated/α-hetero) is 1. The van der Waals surface area contributed by atoms with E-state index >= 15 is 0 Å². The molecule has 0 bridgehead atoms. The van der Waals surface area contributed by atoms with Crippen molar-refractivity contribution in [2.75, 3.05) is 13.6 Å². The maximum absolute atomic E-state index is 12.5. The summed E-state index contributed by atoms with van der Waals surface area (Å²) < 4.78 is 0. The second-order valence-electron chi connectivity index (χ2n) is 7.70. The molecule has 0 radical (unpaired) electrons. The molecule has 0 aliphatic rings. The summed E-state index contributed by atoms with van der Waals surface area (Å²) in [5.41, 5.74) is 5.95. The standard InChI is InChI=1S/C16H30N4O4.C7H8O/c1-5-13(22)20-14(10(2)3)12(21)9-11(15(23)18-4)7-6-8-19-16(17)24;8-6-7-4-2-1-3-5-7/h10-11,14H,5-9H2,1-4H3,(H,18,23)(H,20,22)(H3,17,19,24);1-5,8H,6H2/t11-,14+;/m1./s1. The minimum absolute atomic E-state index is 0.0447. The van der Waals surface area contributed by atoms with E-state index in [0.717, 1.165) is 5.56 Å². The van der Waals surface area contributed by atoms with Crippen molar-refractivity contribution in [3.05, 3.63) is 35.9 Å². The molecule has 9 heteroatoms. The van der Waals surface area contributed by atoms with Crippen molar-refractivity contribution in [2.24, 2.45) is 17.6 Å². The largest absolute Gasteiger partial charge is 0.392 e. The highest BCUT2D eigenvalue weighted by Gasteiger charge is 2.28. The number of benzene rings is 1. The van der Waals surface area contributed by atoms with Crippen LogP contribution in [0.15, 0.2) is 30.3 Å². The molecule has 1 rings (SSSR count). The maximum atomic E-state index is 12.5. The van der Waals surface area contributed by atoms with Crippen molar-refractivity contribution in [1.29, 1.82) is 0 Å². The van der Waals surface area contributed by atoms with Crippen LogP contribution in [-0.2, 0) is 21.0 Å². The van der Waals surface area contributed by atoms with Gasteiger partial charge in [0.2, 0.25) is 11.8 Å². The molecule has 2 atom stereocenters. The lowest BCUT2D eigenvalue weighted by atomic mass is 9.89. The molecule has 0 saturated carbocycles. The van der Waals surface area contributed by atoms with Gasteiger partial charge in [0.1, 0.15) is 0 Å². The summed E-state index contributed by atoms with van der Waals surface area (Å²) in [4.78, 5) is 46.7. The van der Waals surface area contributed by atoms with Gasteiger partial charge in [-0.25, -0.2) is 4.79 Å². The molecule has 4 amide bonds. The molecule has 1 aromatic rings. The predicted octanol–water partition coefficient (Wildman–Crippen LogP) is 1.49. The monoisotopic (exact) mass is 450 g/mol. The lowest BCUT2D eigenvalue weighted by Gasteiger charge is -2.23. The van der Waals surface area contributed by atoms with E-state index in [0.29, 0.717) is 25.8 Å². The molecule has 9 nitrogen and oxygen atoms in total. The number of rotatable bonds is 12. The highest BCUT2D eigenvalue weighted by atomic mass is 16.3. The fourth-order valence-corrected chi connectivity index (χ4v) is 2.94. The molecule has 0 unspecified atom stereocenters. The van der Waals surface area contributed by atoms with E-state index in [2.05, 4.69) is 16.0 Å². The molecule has 0 aliphatic heterocycles. The summed E-state index contributed by atoms with van der Waals surface area (Å²) in [5, 5.41) is 16.3. The first-order valence-corrected chi connectivity index (χ1v) is 10.9. The van der Waals surface area contributed by atoms with Crippen molar-refractivity contribution >= 4 is 23.6 Å². The molecule has 180 valence electrons. The zero-order valence-electron chi connectivity index (χ0n) is 19.5. The highest BCUT2D eigenvalue weighted by molar-refractivity contribution is 5.92. The first kappa shape index (κ1) is 29.1. The number of ketones is 1. The maximum Gasteiger partial charge on any atom is 0.312 e. The van der Waals surface area contributed by atoms with Crippen LogP contribution in [0.25, 0.3) is 0 Å². The van der Waals surface area contributed by atoms with Gasteiger partial charge in [-0.1, -0.05) is 51.1 Å². The van der Waals surface area contributed by atoms with Crippen LogP contribution in [-0.4, -0.2) is 48.4 Å². The number of primary amides is 1. The number of urea groups is 1. The minimum atomic E-state index is -0.621. The zero-order chi connectivity index (χ0) is 24.5. The van der Waals surface area contributed by atoms with Crippen molar-refractivity contribution < 1.29 is 24.3 Å². The van der Waals surface area contributed by atoms with Gasteiger partial charge in [-0.15, -0.1) is 0 Å². The van der Waals surface area contributed by atoms with Crippen LogP contribution in [0.5, 0.6) is 0 Å². The van der Waals surface area contributed by atoms with Crippen LogP contribution >= 0.6 is 0 Å². The van der Waals surface area contributed by atoms with Gasteiger partial charge in [-0.3, -0.25) is 14.4 Å². The summed E-state index contributed by atoms with van der Waals surface area (Å²) in [5.74, 6) is -1.15. The number of hydrogen-bond acceptors (Lipinski definition) is 5. The molecule has 32 heavy (non-hydrogen) atoms. The van der Waals surface area contributed by atoms with Gasteiger partial charge in [-0.2, -0.15) is 0 Å². The van der Waals surface area contributed by atoms with Gasteiger partial charge in [-0.05, 0) is 24.3 Å². The quantitative estimate of drug-likeness (QED) is 0.306. The second kappa shape index (κ2) is 16.7. The van der Waals surface area contributed by atoms with E-state index in [1.165, 1.54) is 7.05 Å². The van der Waals surface area contributed by atoms with Crippen LogP contribution in [0.4, 0.5) is 4.79 Å². The molecular weight excluding hydrogens is 412 g/mol. The zero-order valence-corrected chi connectivity index (χ0v) is 19.5. The Balaban J connectivity index is 0.000000995. The topological polar surface area (TPSA) is 151 Å². The number of carbonyl (C=O) groups excluding carboxylic acids is 4. The summed E-state index contributed by atoms with van der Waals surface area (Å²) in [6.45, 7) is 5.91. The van der Waals surface area contributed by atoms with Crippen LogP contribution in [0, 0.1) is 11.8 Å². The van der Waals surface area contributed by atoms with Crippen molar-refractivity contribution in [2.45, 2.75) is 59.1 Å². The van der Waals surface area contributed by atoms with Crippen LogP contribution in [0.2, 0.25) is 0 Å². The summed E-state index contributed by atoms with van der Waals surface area (Å²) >= 11 is 0. The van der Waals surface area contributed by atoms with Gasteiger partial charge >= 0.3 is 6.03 Å². The Kier molecular flexibility index (Phi) is 15.2. The van der Waals surface area contributed by atoms with Gasteiger partial charge < -0.3 is 26.8 Å². The SMILES string of the molecule is CCC(=O)N[C@H](C(=O)C[C@@H](CCCNC(N)=O)C(=O)NC)C(C)C.OCc1ccccc1. The second-order valence-corrected chi connectivity index (χ2v) is 7.70. The fraction of sp³-hybridized carbons (Fsp3) is 0.565. The van der Waals surface area contributed by atoms with Gasteiger partial charge in [0.05, 0.1) is 12.6 Å². The molecule has 1 aromatic carbocycles. The molecule has 0 aromatic heterocycles. The Bertz CT molecular complexity index is 710. The predicted molar refractivity (Wildman–Crippen MR) is 123 cm³/mol.